The molecule has 2 N–H and O–H groups in total. The standard InChI is InChI=1S/C9H6BrClN2/c10-7-4-6-5(3-8(7)12)1-2-13-9(6)11/h1-4H,12H2. The molecule has 0 unspecified atom stereocenters. The zero-order valence-corrected chi connectivity index (χ0v) is 8.93. The second-order valence-electron chi connectivity index (χ2n) is 2.70. The van der Waals surface area contributed by atoms with Crippen LogP contribution in [-0.2, 0) is 0 Å². The molecule has 1 heterocycles. The summed E-state index contributed by atoms with van der Waals surface area (Å²) in [6.45, 7) is 0. The van der Waals surface area contributed by atoms with E-state index in [0.717, 1.165) is 15.2 Å². The molecule has 0 fully saturated rings. The van der Waals surface area contributed by atoms with Crippen LogP contribution in [0.1, 0.15) is 0 Å². The Hall–Kier alpha value is -0.800. The quantitative estimate of drug-likeness (QED) is 0.581. The van der Waals surface area contributed by atoms with Gasteiger partial charge in [-0.15, -0.1) is 0 Å². The Balaban J connectivity index is 2.89. The summed E-state index contributed by atoms with van der Waals surface area (Å²) in [4.78, 5) is 3.98. The van der Waals surface area contributed by atoms with Crippen LogP contribution >= 0.6 is 27.5 Å². The molecule has 0 bridgehead atoms. The highest BCUT2D eigenvalue weighted by molar-refractivity contribution is 9.10. The monoisotopic (exact) mass is 256 g/mol. The molecule has 0 atom stereocenters. The molecule has 13 heavy (non-hydrogen) atoms. The number of benzene rings is 1. The second kappa shape index (κ2) is 3.16. The summed E-state index contributed by atoms with van der Waals surface area (Å²) in [7, 11) is 0. The lowest BCUT2D eigenvalue weighted by atomic mass is 10.1. The van der Waals surface area contributed by atoms with Gasteiger partial charge in [-0.2, -0.15) is 0 Å². The number of halogens is 2. The average molecular weight is 258 g/mol. The van der Waals surface area contributed by atoms with E-state index in [9.17, 15) is 0 Å². The van der Waals surface area contributed by atoms with Crippen molar-refractivity contribution < 1.29 is 0 Å². The van der Waals surface area contributed by atoms with Gasteiger partial charge >= 0.3 is 0 Å². The van der Waals surface area contributed by atoms with E-state index in [1.54, 1.807) is 6.20 Å². The molecule has 1 aromatic carbocycles. The molecule has 0 aliphatic heterocycles. The van der Waals surface area contributed by atoms with Gasteiger partial charge in [0.2, 0.25) is 0 Å². The largest absolute Gasteiger partial charge is 0.398 e. The highest BCUT2D eigenvalue weighted by Gasteiger charge is 2.02. The Bertz CT molecular complexity index is 470. The van der Waals surface area contributed by atoms with Gasteiger partial charge in [-0.05, 0) is 39.5 Å². The fourth-order valence-corrected chi connectivity index (χ4v) is 1.74. The van der Waals surface area contributed by atoms with Crippen LogP contribution in [-0.4, -0.2) is 4.98 Å². The fourth-order valence-electron chi connectivity index (χ4n) is 1.18. The summed E-state index contributed by atoms with van der Waals surface area (Å²) in [6.07, 6.45) is 1.66. The molecular formula is C9H6BrClN2. The Morgan fingerprint density at radius 1 is 1.38 bits per heavy atom. The molecule has 0 saturated heterocycles. The van der Waals surface area contributed by atoms with Crippen molar-refractivity contribution in [1.29, 1.82) is 0 Å². The number of hydrogen-bond acceptors (Lipinski definition) is 2. The van der Waals surface area contributed by atoms with Gasteiger partial charge in [0, 0.05) is 21.7 Å². The highest BCUT2D eigenvalue weighted by Crippen LogP contribution is 2.29. The van der Waals surface area contributed by atoms with Crippen molar-refractivity contribution in [3.63, 3.8) is 0 Å². The zero-order valence-electron chi connectivity index (χ0n) is 6.59. The van der Waals surface area contributed by atoms with Crippen molar-refractivity contribution in [2.45, 2.75) is 0 Å². The topological polar surface area (TPSA) is 38.9 Å². The number of nitrogens with two attached hydrogens (primary N) is 1. The molecule has 2 aromatic rings. The van der Waals surface area contributed by atoms with Gasteiger partial charge in [0.1, 0.15) is 5.15 Å². The van der Waals surface area contributed by atoms with Crippen molar-refractivity contribution in [2.75, 3.05) is 5.73 Å². The molecule has 1 aromatic heterocycles. The first-order valence-electron chi connectivity index (χ1n) is 3.68. The summed E-state index contributed by atoms with van der Waals surface area (Å²) >= 11 is 9.25. The Labute approximate surface area is 88.8 Å². The summed E-state index contributed by atoms with van der Waals surface area (Å²) < 4.78 is 0.843. The number of pyridine rings is 1. The highest BCUT2D eigenvalue weighted by atomic mass is 79.9. The maximum atomic E-state index is 5.91. The van der Waals surface area contributed by atoms with E-state index in [4.69, 9.17) is 17.3 Å². The van der Waals surface area contributed by atoms with E-state index in [0.29, 0.717) is 10.8 Å². The van der Waals surface area contributed by atoms with Crippen molar-refractivity contribution in [1.82, 2.24) is 4.98 Å². The van der Waals surface area contributed by atoms with E-state index in [1.807, 2.05) is 18.2 Å². The van der Waals surface area contributed by atoms with Gasteiger partial charge < -0.3 is 5.73 Å². The molecule has 0 amide bonds. The summed E-state index contributed by atoms with van der Waals surface area (Å²) in [5.74, 6) is 0. The molecule has 0 spiro atoms. The maximum Gasteiger partial charge on any atom is 0.136 e. The van der Waals surface area contributed by atoms with Gasteiger partial charge in [-0.3, -0.25) is 0 Å². The number of nitrogens with zero attached hydrogens (tertiary/aromatic N) is 1. The first kappa shape index (κ1) is 8.78. The lowest BCUT2D eigenvalue weighted by Crippen LogP contribution is -1.87. The number of nitrogen functional groups attached to an aromatic ring is 1. The second-order valence-corrected chi connectivity index (χ2v) is 3.91. The van der Waals surface area contributed by atoms with E-state index in [1.165, 1.54) is 0 Å². The van der Waals surface area contributed by atoms with Gasteiger partial charge in [0.15, 0.2) is 0 Å². The van der Waals surface area contributed by atoms with Crippen molar-refractivity contribution >= 4 is 44.0 Å². The van der Waals surface area contributed by atoms with E-state index in [-0.39, 0.29) is 0 Å². The summed E-state index contributed by atoms with van der Waals surface area (Å²) in [5, 5.41) is 2.41. The zero-order chi connectivity index (χ0) is 9.42. The Morgan fingerprint density at radius 3 is 2.92 bits per heavy atom. The summed E-state index contributed by atoms with van der Waals surface area (Å²) in [5.41, 5.74) is 6.43. The molecule has 66 valence electrons. The number of fused-ring (bicyclic) bond motifs is 1. The average Bonchev–Trinajstić information content (AvgIpc) is 2.09. The molecule has 4 heteroatoms. The predicted octanol–water partition coefficient (Wildman–Crippen LogP) is 3.23. The number of rotatable bonds is 0. The van der Waals surface area contributed by atoms with Crippen LogP contribution in [0.15, 0.2) is 28.9 Å². The van der Waals surface area contributed by atoms with Gasteiger partial charge in [-0.25, -0.2) is 4.98 Å². The van der Waals surface area contributed by atoms with Crippen LogP contribution in [0.4, 0.5) is 5.69 Å². The molecule has 2 nitrogen and oxygen atoms in total. The first-order valence-corrected chi connectivity index (χ1v) is 4.85. The minimum atomic E-state index is 0.498. The lowest BCUT2D eigenvalue weighted by Gasteiger charge is -2.02. The van der Waals surface area contributed by atoms with E-state index < -0.39 is 0 Å². The maximum absolute atomic E-state index is 5.91. The Morgan fingerprint density at radius 2 is 2.15 bits per heavy atom. The number of aromatic nitrogens is 1. The molecular weight excluding hydrogens is 251 g/mol. The van der Waals surface area contributed by atoms with E-state index in [2.05, 4.69) is 20.9 Å². The third-order valence-electron chi connectivity index (χ3n) is 1.83. The molecule has 0 aliphatic carbocycles. The van der Waals surface area contributed by atoms with Crippen molar-refractivity contribution in [3.05, 3.63) is 34.0 Å². The van der Waals surface area contributed by atoms with Crippen molar-refractivity contribution in [3.8, 4) is 0 Å². The van der Waals surface area contributed by atoms with E-state index >= 15 is 0 Å². The minimum Gasteiger partial charge on any atom is -0.398 e. The van der Waals surface area contributed by atoms with Crippen LogP contribution in [0, 0.1) is 0 Å². The van der Waals surface area contributed by atoms with Crippen LogP contribution in [0.2, 0.25) is 5.15 Å². The van der Waals surface area contributed by atoms with Gasteiger partial charge in [0.05, 0.1) is 0 Å². The predicted molar refractivity (Wildman–Crippen MR) is 58.9 cm³/mol. The SMILES string of the molecule is Nc1cc2ccnc(Cl)c2cc1Br. The van der Waals surface area contributed by atoms with Gasteiger partial charge in [-0.1, -0.05) is 11.6 Å². The minimum absolute atomic E-state index is 0.498. The van der Waals surface area contributed by atoms with Crippen LogP contribution in [0.25, 0.3) is 10.8 Å². The molecule has 0 radical (unpaired) electrons. The number of anilines is 1. The van der Waals surface area contributed by atoms with Crippen LogP contribution < -0.4 is 5.73 Å². The number of hydrogen-bond donors (Lipinski definition) is 1. The lowest BCUT2D eigenvalue weighted by molar-refractivity contribution is 1.36. The summed E-state index contributed by atoms with van der Waals surface area (Å²) in [6, 6.07) is 5.62. The molecule has 0 saturated carbocycles. The molecule has 0 aliphatic rings. The third kappa shape index (κ3) is 1.49. The smallest absolute Gasteiger partial charge is 0.136 e. The van der Waals surface area contributed by atoms with Crippen LogP contribution in [0.3, 0.4) is 0 Å². The normalized spacial score (nSPS) is 10.6. The first-order chi connectivity index (χ1) is 6.18. The third-order valence-corrected chi connectivity index (χ3v) is 2.82. The molecule has 2 rings (SSSR count). The van der Waals surface area contributed by atoms with Gasteiger partial charge in [0.25, 0.3) is 0 Å². The van der Waals surface area contributed by atoms with Crippen molar-refractivity contribution in [2.24, 2.45) is 0 Å². The van der Waals surface area contributed by atoms with Crippen LogP contribution in [0.5, 0.6) is 0 Å². The fraction of sp³-hybridized carbons (Fsp3) is 0. The Kier molecular flexibility index (Phi) is 2.14.